The lowest BCUT2D eigenvalue weighted by molar-refractivity contribution is -0.147. The molecule has 0 aliphatic heterocycles. The molecule has 0 bridgehead atoms. The quantitative estimate of drug-likeness (QED) is 0.718. The zero-order chi connectivity index (χ0) is 12.3. The molecule has 0 aromatic heterocycles. The standard InChI is InChI=1S/C12H16O4/c1-3-4-8-9(11(13)14)6-5-7(2)10(8)12(15)16/h3-5,8-10H,6H2,1-2H3,(H,13,14)(H,15,16). The summed E-state index contributed by atoms with van der Waals surface area (Å²) in [5.74, 6) is -3.70. The van der Waals surface area contributed by atoms with Crippen LogP contribution in [0.5, 0.6) is 0 Å². The molecule has 0 radical (unpaired) electrons. The highest BCUT2D eigenvalue weighted by Gasteiger charge is 2.39. The van der Waals surface area contributed by atoms with E-state index in [9.17, 15) is 9.59 Å². The van der Waals surface area contributed by atoms with Gasteiger partial charge >= 0.3 is 11.9 Å². The molecule has 0 saturated heterocycles. The third-order valence-corrected chi connectivity index (χ3v) is 3.03. The lowest BCUT2D eigenvalue weighted by Crippen LogP contribution is -2.35. The number of rotatable bonds is 3. The van der Waals surface area contributed by atoms with Crippen LogP contribution in [0.4, 0.5) is 0 Å². The van der Waals surface area contributed by atoms with Gasteiger partial charge in [-0.15, -0.1) is 0 Å². The normalized spacial score (nSPS) is 30.1. The summed E-state index contributed by atoms with van der Waals surface area (Å²) in [4.78, 5) is 22.2. The zero-order valence-electron chi connectivity index (χ0n) is 9.38. The predicted molar refractivity (Wildman–Crippen MR) is 58.9 cm³/mol. The molecule has 0 spiro atoms. The molecule has 1 aliphatic carbocycles. The van der Waals surface area contributed by atoms with Crippen molar-refractivity contribution in [2.24, 2.45) is 17.8 Å². The molecule has 88 valence electrons. The largest absolute Gasteiger partial charge is 0.481 e. The van der Waals surface area contributed by atoms with Crippen molar-refractivity contribution in [1.29, 1.82) is 0 Å². The van der Waals surface area contributed by atoms with Crippen molar-refractivity contribution in [3.63, 3.8) is 0 Å². The molecule has 4 heteroatoms. The summed E-state index contributed by atoms with van der Waals surface area (Å²) in [5.41, 5.74) is 0.744. The van der Waals surface area contributed by atoms with Gasteiger partial charge < -0.3 is 10.2 Å². The first-order valence-corrected chi connectivity index (χ1v) is 5.24. The van der Waals surface area contributed by atoms with Gasteiger partial charge in [-0.05, 0) is 20.3 Å². The Morgan fingerprint density at radius 3 is 2.44 bits per heavy atom. The van der Waals surface area contributed by atoms with E-state index >= 15 is 0 Å². The molecule has 0 aromatic carbocycles. The predicted octanol–water partition coefficient (Wildman–Crippen LogP) is 1.93. The highest BCUT2D eigenvalue weighted by Crippen LogP contribution is 2.36. The molecule has 0 fully saturated rings. The molecule has 16 heavy (non-hydrogen) atoms. The highest BCUT2D eigenvalue weighted by molar-refractivity contribution is 5.78. The van der Waals surface area contributed by atoms with Crippen LogP contribution in [-0.2, 0) is 9.59 Å². The van der Waals surface area contributed by atoms with E-state index < -0.39 is 29.7 Å². The van der Waals surface area contributed by atoms with Gasteiger partial charge in [-0.2, -0.15) is 0 Å². The van der Waals surface area contributed by atoms with Gasteiger partial charge in [0, 0.05) is 5.92 Å². The van der Waals surface area contributed by atoms with Gasteiger partial charge in [0.05, 0.1) is 11.8 Å². The maximum atomic E-state index is 11.2. The molecule has 0 amide bonds. The lowest BCUT2D eigenvalue weighted by Gasteiger charge is -2.31. The Morgan fingerprint density at radius 2 is 2.00 bits per heavy atom. The number of hydrogen-bond acceptors (Lipinski definition) is 2. The topological polar surface area (TPSA) is 74.6 Å². The number of aliphatic carboxylic acids is 2. The van der Waals surface area contributed by atoms with Crippen LogP contribution in [0.3, 0.4) is 0 Å². The molecule has 3 atom stereocenters. The summed E-state index contributed by atoms with van der Waals surface area (Å²) < 4.78 is 0. The fourth-order valence-corrected chi connectivity index (χ4v) is 2.23. The molecule has 1 aliphatic rings. The fourth-order valence-electron chi connectivity index (χ4n) is 2.23. The molecular formula is C12H16O4. The highest BCUT2D eigenvalue weighted by atomic mass is 16.4. The second-order valence-electron chi connectivity index (χ2n) is 4.05. The third kappa shape index (κ3) is 2.32. The zero-order valence-corrected chi connectivity index (χ0v) is 9.38. The maximum absolute atomic E-state index is 11.2. The summed E-state index contributed by atoms with van der Waals surface area (Å²) in [7, 11) is 0. The maximum Gasteiger partial charge on any atom is 0.311 e. The third-order valence-electron chi connectivity index (χ3n) is 3.03. The van der Waals surface area contributed by atoms with Crippen LogP contribution >= 0.6 is 0 Å². The van der Waals surface area contributed by atoms with Crippen LogP contribution in [0.2, 0.25) is 0 Å². The van der Waals surface area contributed by atoms with Gasteiger partial charge in [-0.1, -0.05) is 23.8 Å². The van der Waals surface area contributed by atoms with E-state index in [1.807, 2.05) is 0 Å². The minimum Gasteiger partial charge on any atom is -0.481 e. The van der Waals surface area contributed by atoms with E-state index in [-0.39, 0.29) is 0 Å². The molecule has 2 N–H and O–H groups in total. The molecule has 0 heterocycles. The first-order chi connectivity index (χ1) is 7.49. The molecule has 0 saturated carbocycles. The molecular weight excluding hydrogens is 208 g/mol. The number of carboxylic acids is 2. The Hall–Kier alpha value is -1.58. The van der Waals surface area contributed by atoms with E-state index in [0.717, 1.165) is 5.57 Å². The van der Waals surface area contributed by atoms with Gasteiger partial charge in [0.25, 0.3) is 0 Å². The van der Waals surface area contributed by atoms with Crippen LogP contribution in [-0.4, -0.2) is 22.2 Å². The molecule has 4 nitrogen and oxygen atoms in total. The first kappa shape index (κ1) is 12.5. The van der Waals surface area contributed by atoms with Gasteiger partial charge in [0.1, 0.15) is 0 Å². The van der Waals surface area contributed by atoms with Crippen LogP contribution in [0.1, 0.15) is 20.3 Å². The van der Waals surface area contributed by atoms with Gasteiger partial charge in [-0.25, -0.2) is 0 Å². The Balaban J connectivity index is 3.11. The van der Waals surface area contributed by atoms with E-state index in [2.05, 4.69) is 0 Å². The van der Waals surface area contributed by atoms with Gasteiger partial charge in [-0.3, -0.25) is 9.59 Å². The van der Waals surface area contributed by atoms with Gasteiger partial charge in [0.15, 0.2) is 0 Å². The Labute approximate surface area is 94.3 Å². The Morgan fingerprint density at radius 1 is 1.38 bits per heavy atom. The summed E-state index contributed by atoms with van der Waals surface area (Å²) in [5, 5.41) is 18.2. The van der Waals surface area contributed by atoms with E-state index in [1.165, 1.54) is 0 Å². The van der Waals surface area contributed by atoms with Crippen molar-refractivity contribution in [3.8, 4) is 0 Å². The lowest BCUT2D eigenvalue weighted by atomic mass is 9.72. The van der Waals surface area contributed by atoms with Crippen molar-refractivity contribution < 1.29 is 19.8 Å². The molecule has 1 rings (SSSR count). The van der Waals surface area contributed by atoms with E-state index in [1.54, 1.807) is 32.1 Å². The monoisotopic (exact) mass is 224 g/mol. The first-order valence-electron chi connectivity index (χ1n) is 5.24. The van der Waals surface area contributed by atoms with Crippen LogP contribution in [0, 0.1) is 17.8 Å². The summed E-state index contributed by atoms with van der Waals surface area (Å²) >= 11 is 0. The van der Waals surface area contributed by atoms with Crippen molar-refractivity contribution in [2.75, 3.05) is 0 Å². The summed E-state index contributed by atoms with van der Waals surface area (Å²) in [6, 6.07) is 0. The van der Waals surface area contributed by atoms with Crippen molar-refractivity contribution in [2.45, 2.75) is 20.3 Å². The number of hydrogen-bond donors (Lipinski definition) is 2. The van der Waals surface area contributed by atoms with Crippen LogP contribution < -0.4 is 0 Å². The second-order valence-corrected chi connectivity index (χ2v) is 4.05. The SMILES string of the molecule is CC=CC1C(C(=O)O)CC=C(C)C1C(=O)O. The smallest absolute Gasteiger partial charge is 0.311 e. The van der Waals surface area contributed by atoms with Crippen molar-refractivity contribution in [1.82, 2.24) is 0 Å². The minimum atomic E-state index is -0.956. The average molecular weight is 224 g/mol. The Bertz CT molecular complexity index is 354. The summed E-state index contributed by atoms with van der Waals surface area (Å²) in [6.07, 6.45) is 5.53. The van der Waals surface area contributed by atoms with Gasteiger partial charge in [0.2, 0.25) is 0 Å². The van der Waals surface area contributed by atoms with Crippen molar-refractivity contribution >= 4 is 11.9 Å². The Kier molecular flexibility index (Phi) is 3.88. The molecule has 0 aromatic rings. The average Bonchev–Trinajstić information content (AvgIpc) is 2.17. The number of carbonyl (C=O) groups is 2. The van der Waals surface area contributed by atoms with Crippen molar-refractivity contribution in [3.05, 3.63) is 23.8 Å². The summed E-state index contributed by atoms with van der Waals surface area (Å²) in [6.45, 7) is 3.51. The van der Waals surface area contributed by atoms with Crippen LogP contribution in [0.25, 0.3) is 0 Å². The fraction of sp³-hybridized carbons (Fsp3) is 0.500. The minimum absolute atomic E-state index is 0.403. The van der Waals surface area contributed by atoms with Crippen LogP contribution in [0.15, 0.2) is 23.8 Å². The van der Waals surface area contributed by atoms with E-state index in [0.29, 0.717) is 6.42 Å². The van der Waals surface area contributed by atoms with E-state index in [4.69, 9.17) is 10.2 Å². The number of allylic oxidation sites excluding steroid dienone is 3. The molecule has 3 unspecified atom stereocenters. The second kappa shape index (κ2) is 4.96. The number of carboxylic acid groups (broad SMARTS) is 2.